The first kappa shape index (κ1) is 30.4. The second kappa shape index (κ2) is 13.0. The highest BCUT2D eigenvalue weighted by molar-refractivity contribution is 5.10. The molecule has 0 radical (unpaired) electrons. The highest BCUT2D eigenvalue weighted by Gasteiger charge is 2.25. The molecule has 162 valence electrons. The quantitative estimate of drug-likeness (QED) is 0.571. The lowest BCUT2D eigenvalue weighted by molar-refractivity contribution is -0.110. The van der Waals surface area contributed by atoms with E-state index in [0.29, 0.717) is 11.6 Å². The van der Waals surface area contributed by atoms with Crippen LogP contribution in [0, 0.1) is 5.92 Å². The van der Waals surface area contributed by atoms with Gasteiger partial charge in [0.15, 0.2) is 0 Å². The molecule has 3 nitrogen and oxygen atoms in total. The van der Waals surface area contributed by atoms with Gasteiger partial charge >= 0.3 is 6.18 Å². The van der Waals surface area contributed by atoms with Crippen molar-refractivity contribution in [3.8, 4) is 0 Å². The molecule has 1 rings (SSSR count). The molecule has 0 amide bonds. The van der Waals surface area contributed by atoms with Gasteiger partial charge in [-0.2, -0.15) is 13.2 Å². The van der Waals surface area contributed by atoms with Crippen molar-refractivity contribution < 1.29 is 27.1 Å². The summed E-state index contributed by atoms with van der Waals surface area (Å²) < 4.78 is 54.8. The third-order valence-electron chi connectivity index (χ3n) is 2.90. The van der Waals surface area contributed by atoms with Gasteiger partial charge in [-0.25, -0.2) is 8.78 Å². The molecule has 1 aromatic rings. The van der Waals surface area contributed by atoms with Crippen molar-refractivity contribution in [1.29, 1.82) is 0 Å². The third kappa shape index (κ3) is 20.9. The fourth-order valence-electron chi connectivity index (χ4n) is 0.952. The number of aliphatic hydroxyl groups is 1. The summed E-state index contributed by atoms with van der Waals surface area (Å²) in [5.41, 5.74) is 0.660. The molecule has 0 aromatic carbocycles. The molecule has 1 N–H and O–H groups in total. The van der Waals surface area contributed by atoms with E-state index in [1.54, 1.807) is 26.2 Å². The van der Waals surface area contributed by atoms with Crippen LogP contribution in [0.5, 0.6) is 0 Å². The van der Waals surface area contributed by atoms with Gasteiger partial charge in [0.25, 0.3) is 0 Å². The van der Waals surface area contributed by atoms with Gasteiger partial charge in [-0.3, -0.25) is 9.97 Å². The van der Waals surface area contributed by atoms with Gasteiger partial charge in [0, 0.05) is 19.0 Å². The van der Waals surface area contributed by atoms with Crippen molar-refractivity contribution in [3.63, 3.8) is 0 Å². The maximum Gasteiger partial charge on any atom is 0.386 e. The molecule has 0 aliphatic carbocycles. The van der Waals surface area contributed by atoms with Crippen LogP contribution in [0.1, 0.15) is 86.5 Å². The predicted molar refractivity (Wildman–Crippen MR) is 99.9 cm³/mol. The zero-order valence-corrected chi connectivity index (χ0v) is 18.0. The van der Waals surface area contributed by atoms with Crippen LogP contribution in [-0.4, -0.2) is 27.2 Å². The summed E-state index contributed by atoms with van der Waals surface area (Å²) in [7, 11) is 0. The van der Waals surface area contributed by atoms with Crippen LogP contribution in [-0.2, 0) is 5.60 Å². The normalized spacial score (nSPS) is 11.6. The largest absolute Gasteiger partial charge is 0.386 e. The van der Waals surface area contributed by atoms with E-state index in [4.69, 9.17) is 0 Å². The number of halogens is 5. The van der Waals surface area contributed by atoms with Gasteiger partial charge in [-0.15, -0.1) is 0 Å². The first-order valence-electron chi connectivity index (χ1n) is 8.85. The van der Waals surface area contributed by atoms with E-state index >= 15 is 0 Å². The van der Waals surface area contributed by atoms with Crippen LogP contribution in [0.4, 0.5) is 22.0 Å². The zero-order chi connectivity index (χ0) is 22.6. The molecule has 1 aromatic heterocycles. The third-order valence-corrected chi connectivity index (χ3v) is 2.90. The van der Waals surface area contributed by atoms with E-state index in [-0.39, 0.29) is 6.92 Å². The molecule has 0 aliphatic rings. The molecule has 0 saturated carbocycles. The maximum atomic E-state index is 11.8. The molecule has 0 spiro atoms. The predicted octanol–water partition coefficient (Wildman–Crippen LogP) is 6.72. The van der Waals surface area contributed by atoms with Crippen molar-refractivity contribution >= 4 is 0 Å². The van der Waals surface area contributed by atoms with Gasteiger partial charge in [-0.1, -0.05) is 41.5 Å². The smallest absolute Gasteiger partial charge is 0.384 e. The van der Waals surface area contributed by atoms with Gasteiger partial charge in [0.2, 0.25) is 5.92 Å². The van der Waals surface area contributed by atoms with Crippen LogP contribution in [0.3, 0.4) is 0 Å². The summed E-state index contributed by atoms with van der Waals surface area (Å²) in [6.07, 6.45) is -0.646. The number of aromatic nitrogens is 2. The average Bonchev–Trinajstić information content (AvgIpc) is 2.46. The molecule has 0 bridgehead atoms. The van der Waals surface area contributed by atoms with E-state index in [9.17, 15) is 27.1 Å². The number of nitrogens with zero attached hydrogens (tertiary/aromatic N) is 2. The molecule has 1 heterocycles. The minimum absolute atomic E-state index is 0.188. The Morgan fingerprint density at radius 3 is 1.30 bits per heavy atom. The molecule has 8 heteroatoms. The Bertz CT molecular complexity index is 467. The molecular weight excluding hydrogens is 367 g/mol. The molecular formula is C19H35F5N2O. The van der Waals surface area contributed by atoms with Crippen molar-refractivity contribution in [2.24, 2.45) is 5.92 Å². The van der Waals surface area contributed by atoms with Crippen molar-refractivity contribution in [2.75, 3.05) is 0 Å². The summed E-state index contributed by atoms with van der Waals surface area (Å²) in [5.74, 6) is -2.66. The number of alkyl halides is 5. The Morgan fingerprint density at radius 2 is 1.15 bits per heavy atom. The van der Waals surface area contributed by atoms with Gasteiger partial charge in [-0.05, 0) is 26.7 Å². The average molecular weight is 402 g/mol. The number of rotatable bonds is 3. The topological polar surface area (TPSA) is 46.0 Å². The van der Waals surface area contributed by atoms with Crippen LogP contribution in [0.2, 0.25) is 0 Å². The first-order chi connectivity index (χ1) is 11.9. The Labute approximate surface area is 160 Å². The lowest BCUT2D eigenvalue weighted by Gasteiger charge is -2.16. The van der Waals surface area contributed by atoms with Gasteiger partial charge in [0.1, 0.15) is 5.60 Å². The lowest BCUT2D eigenvalue weighted by Crippen LogP contribution is -2.18. The second-order valence-electron chi connectivity index (χ2n) is 6.93. The molecule has 0 aliphatic heterocycles. The fraction of sp³-hybridized carbons (Fsp3) is 0.789. The summed E-state index contributed by atoms with van der Waals surface area (Å²) in [5, 5.41) is 9.62. The van der Waals surface area contributed by atoms with E-state index in [2.05, 4.69) is 23.8 Å². The molecule has 0 saturated heterocycles. The van der Waals surface area contributed by atoms with Crippen molar-refractivity contribution in [2.45, 2.75) is 92.9 Å². The van der Waals surface area contributed by atoms with E-state index in [1.807, 2.05) is 13.8 Å². The minimum atomic E-state index is -4.00. The summed E-state index contributed by atoms with van der Waals surface area (Å²) in [6.45, 7) is 15.6. The van der Waals surface area contributed by atoms with E-state index < -0.39 is 23.6 Å². The fourth-order valence-corrected chi connectivity index (χ4v) is 0.952. The van der Waals surface area contributed by atoms with Gasteiger partial charge in [0.05, 0.1) is 17.6 Å². The van der Waals surface area contributed by atoms with Crippen LogP contribution >= 0.6 is 0 Å². The van der Waals surface area contributed by atoms with Crippen LogP contribution < -0.4 is 0 Å². The number of hydrogen-bond donors (Lipinski definition) is 1. The monoisotopic (exact) mass is 402 g/mol. The van der Waals surface area contributed by atoms with E-state index in [1.165, 1.54) is 13.8 Å². The summed E-state index contributed by atoms with van der Waals surface area (Å²) in [6, 6.07) is 0. The summed E-state index contributed by atoms with van der Waals surface area (Å²) >= 11 is 0. The lowest BCUT2D eigenvalue weighted by atomic mass is 10.1. The molecule has 0 unspecified atom stereocenters. The second-order valence-corrected chi connectivity index (χ2v) is 6.93. The number of hydrogen-bond acceptors (Lipinski definition) is 3. The SMILES string of the molecule is CC.CC(C)C(C)(F)F.CC(C)c1cnc(C(C)(C)O)cn1.CC(F)(F)F. The summed E-state index contributed by atoms with van der Waals surface area (Å²) in [4.78, 5) is 8.38. The Morgan fingerprint density at radius 1 is 0.815 bits per heavy atom. The maximum absolute atomic E-state index is 11.8. The Balaban J connectivity index is -0.000000348. The Hall–Kier alpha value is -1.31. The standard InChI is InChI=1S/C10H16N2O.C5H10F2.C2H3F3.C2H6/c1-7(2)8-5-12-9(6-11-8)10(3,4)13;1-4(2)5(3,6)7;1-2(3,4)5;1-2/h5-7,13H,1-4H3;4H,1-3H3;1H3;1-2H3. The highest BCUT2D eigenvalue weighted by atomic mass is 19.4. The van der Waals surface area contributed by atoms with Crippen molar-refractivity contribution in [1.82, 2.24) is 9.97 Å². The Kier molecular flexibility index (Phi) is 14.6. The van der Waals surface area contributed by atoms with E-state index in [0.717, 1.165) is 12.6 Å². The van der Waals surface area contributed by atoms with Gasteiger partial charge < -0.3 is 5.11 Å². The molecule has 0 atom stereocenters. The highest BCUT2D eigenvalue weighted by Crippen LogP contribution is 2.21. The molecule has 0 fully saturated rings. The first-order valence-corrected chi connectivity index (χ1v) is 8.85. The van der Waals surface area contributed by atoms with Crippen LogP contribution in [0.25, 0.3) is 0 Å². The zero-order valence-electron chi connectivity index (χ0n) is 18.0. The van der Waals surface area contributed by atoms with Crippen molar-refractivity contribution in [3.05, 3.63) is 23.8 Å². The molecule has 27 heavy (non-hydrogen) atoms. The minimum Gasteiger partial charge on any atom is -0.384 e. The van der Waals surface area contributed by atoms with Crippen LogP contribution in [0.15, 0.2) is 12.4 Å².